The van der Waals surface area contributed by atoms with Crippen LogP contribution in [0.1, 0.15) is 20.3 Å². The first-order chi connectivity index (χ1) is 9.41. The number of hydrogen-bond acceptors (Lipinski definition) is 5. The van der Waals surface area contributed by atoms with Crippen molar-refractivity contribution in [1.29, 1.82) is 0 Å². The maximum Gasteiger partial charge on any atom is 0.332 e. The smallest absolute Gasteiger partial charge is 0.332 e. The van der Waals surface area contributed by atoms with Gasteiger partial charge >= 0.3 is 5.69 Å². The lowest BCUT2D eigenvalue weighted by Gasteiger charge is -2.19. The van der Waals surface area contributed by atoms with Crippen molar-refractivity contribution in [3.8, 4) is 0 Å². The van der Waals surface area contributed by atoms with Crippen LogP contribution in [0.25, 0.3) is 0 Å². The number of anilines is 2. The molecule has 0 aliphatic carbocycles. The van der Waals surface area contributed by atoms with Gasteiger partial charge < -0.3 is 15.8 Å². The van der Waals surface area contributed by atoms with Crippen LogP contribution in [0.2, 0.25) is 0 Å². The highest BCUT2D eigenvalue weighted by atomic mass is 16.5. The Kier molecular flexibility index (Phi) is 4.17. The molecule has 2 heterocycles. The fourth-order valence-corrected chi connectivity index (χ4v) is 2.31. The van der Waals surface area contributed by atoms with E-state index < -0.39 is 0 Å². The summed E-state index contributed by atoms with van der Waals surface area (Å²) in [5, 5.41) is 3.12. The topological polar surface area (TPSA) is 91.3 Å². The summed E-state index contributed by atoms with van der Waals surface area (Å²) in [7, 11) is 1.47. The Morgan fingerprint density at radius 2 is 2.15 bits per heavy atom. The molecule has 20 heavy (non-hydrogen) atoms. The van der Waals surface area contributed by atoms with E-state index in [0.29, 0.717) is 25.4 Å². The second-order valence-corrected chi connectivity index (χ2v) is 5.62. The van der Waals surface area contributed by atoms with Crippen molar-refractivity contribution in [1.82, 2.24) is 9.13 Å². The molecule has 112 valence electrons. The molecule has 1 aliphatic rings. The zero-order valence-corrected chi connectivity index (χ0v) is 12.2. The summed E-state index contributed by atoms with van der Waals surface area (Å²) >= 11 is 0. The van der Waals surface area contributed by atoms with E-state index in [-0.39, 0.29) is 29.0 Å². The van der Waals surface area contributed by atoms with E-state index in [2.05, 4.69) is 5.32 Å². The second kappa shape index (κ2) is 5.70. The number of hydrogen-bond donors (Lipinski definition) is 2. The number of ether oxygens (including phenoxy) is 1. The molecular formula is C13H22N4O3. The maximum absolute atomic E-state index is 12.2. The van der Waals surface area contributed by atoms with Crippen LogP contribution >= 0.6 is 0 Å². The van der Waals surface area contributed by atoms with Crippen molar-refractivity contribution < 1.29 is 4.74 Å². The molecule has 7 heteroatoms. The molecule has 1 atom stereocenters. The van der Waals surface area contributed by atoms with Gasteiger partial charge in [0.05, 0.1) is 12.6 Å². The summed E-state index contributed by atoms with van der Waals surface area (Å²) < 4.78 is 7.82. The highest BCUT2D eigenvalue weighted by Gasteiger charge is 2.21. The quantitative estimate of drug-likeness (QED) is 0.810. The van der Waals surface area contributed by atoms with E-state index in [4.69, 9.17) is 10.5 Å². The van der Waals surface area contributed by atoms with E-state index >= 15 is 0 Å². The van der Waals surface area contributed by atoms with E-state index in [9.17, 15) is 9.59 Å². The SMILES string of the molecule is CC(C)Cn1c(N)c(NC2CCOC2)c(=O)n(C)c1=O. The predicted octanol–water partition coefficient (Wildman–Crippen LogP) is -0.0140. The zero-order valence-electron chi connectivity index (χ0n) is 12.2. The van der Waals surface area contributed by atoms with Crippen LogP contribution in [0, 0.1) is 5.92 Å². The number of aromatic nitrogens is 2. The molecule has 0 aromatic carbocycles. The van der Waals surface area contributed by atoms with Crippen LogP contribution < -0.4 is 22.3 Å². The first-order valence-electron chi connectivity index (χ1n) is 6.85. The van der Waals surface area contributed by atoms with Crippen molar-refractivity contribution >= 4 is 11.5 Å². The average molecular weight is 282 g/mol. The number of nitrogens with zero attached hydrogens (tertiary/aromatic N) is 2. The number of rotatable bonds is 4. The third kappa shape index (κ3) is 2.72. The Hall–Kier alpha value is -1.76. The first kappa shape index (κ1) is 14.6. The van der Waals surface area contributed by atoms with Gasteiger partial charge in [-0.2, -0.15) is 0 Å². The molecule has 0 spiro atoms. The Balaban J connectivity index is 2.47. The number of nitrogens with two attached hydrogens (primary N) is 1. The molecule has 0 radical (unpaired) electrons. The van der Waals surface area contributed by atoms with Gasteiger partial charge in [-0.05, 0) is 12.3 Å². The molecule has 1 saturated heterocycles. The lowest BCUT2D eigenvalue weighted by atomic mass is 10.2. The Morgan fingerprint density at radius 1 is 1.45 bits per heavy atom. The van der Waals surface area contributed by atoms with Crippen LogP contribution in [0.15, 0.2) is 9.59 Å². The van der Waals surface area contributed by atoms with Crippen LogP contribution in [0.4, 0.5) is 11.5 Å². The largest absolute Gasteiger partial charge is 0.383 e. The van der Waals surface area contributed by atoms with Gasteiger partial charge in [-0.15, -0.1) is 0 Å². The average Bonchev–Trinajstić information content (AvgIpc) is 2.90. The molecule has 1 unspecified atom stereocenters. The molecule has 1 fully saturated rings. The second-order valence-electron chi connectivity index (χ2n) is 5.62. The van der Waals surface area contributed by atoms with Crippen molar-refractivity contribution in [2.75, 3.05) is 24.3 Å². The van der Waals surface area contributed by atoms with Crippen molar-refractivity contribution in [3.05, 3.63) is 20.8 Å². The molecule has 0 amide bonds. The van der Waals surface area contributed by atoms with Gasteiger partial charge in [0.15, 0.2) is 0 Å². The van der Waals surface area contributed by atoms with Gasteiger partial charge in [0, 0.05) is 20.2 Å². The summed E-state index contributed by atoms with van der Waals surface area (Å²) in [6.07, 6.45) is 0.825. The minimum Gasteiger partial charge on any atom is -0.383 e. The predicted molar refractivity (Wildman–Crippen MR) is 78.0 cm³/mol. The van der Waals surface area contributed by atoms with Gasteiger partial charge in [0.25, 0.3) is 5.56 Å². The summed E-state index contributed by atoms with van der Waals surface area (Å²) in [6, 6.07) is 0.0648. The van der Waals surface area contributed by atoms with Crippen LogP contribution in [0.5, 0.6) is 0 Å². The molecule has 1 aromatic rings. The zero-order chi connectivity index (χ0) is 14.9. The highest BCUT2D eigenvalue weighted by molar-refractivity contribution is 5.61. The van der Waals surface area contributed by atoms with Gasteiger partial charge in [0.2, 0.25) is 0 Å². The molecule has 3 N–H and O–H groups in total. The third-order valence-electron chi connectivity index (χ3n) is 3.41. The van der Waals surface area contributed by atoms with Gasteiger partial charge in [-0.3, -0.25) is 13.9 Å². The fourth-order valence-electron chi connectivity index (χ4n) is 2.31. The number of nitrogen functional groups attached to an aromatic ring is 1. The maximum atomic E-state index is 12.2. The van der Waals surface area contributed by atoms with E-state index in [1.54, 1.807) is 0 Å². The minimum atomic E-state index is -0.389. The van der Waals surface area contributed by atoms with Gasteiger partial charge in [-0.1, -0.05) is 13.8 Å². The van der Waals surface area contributed by atoms with E-state index in [1.165, 1.54) is 11.6 Å². The van der Waals surface area contributed by atoms with Crippen molar-refractivity contribution in [3.63, 3.8) is 0 Å². The first-order valence-corrected chi connectivity index (χ1v) is 6.85. The Morgan fingerprint density at radius 3 is 2.70 bits per heavy atom. The van der Waals surface area contributed by atoms with Gasteiger partial charge in [-0.25, -0.2) is 4.79 Å². The summed E-state index contributed by atoms with van der Waals surface area (Å²) in [5.74, 6) is 0.467. The summed E-state index contributed by atoms with van der Waals surface area (Å²) in [5.41, 5.74) is 5.55. The summed E-state index contributed by atoms with van der Waals surface area (Å²) in [4.78, 5) is 24.3. The molecule has 1 aliphatic heterocycles. The molecule has 0 saturated carbocycles. The number of nitrogens with one attached hydrogen (secondary N) is 1. The fraction of sp³-hybridized carbons (Fsp3) is 0.692. The molecular weight excluding hydrogens is 260 g/mol. The molecule has 0 bridgehead atoms. The van der Waals surface area contributed by atoms with Crippen LogP contribution in [-0.4, -0.2) is 28.4 Å². The standard InChI is InChI=1S/C13H22N4O3/c1-8(2)6-17-11(14)10(12(18)16(3)13(17)19)15-9-4-5-20-7-9/h8-9,15H,4-7,14H2,1-3H3. The normalized spacial score (nSPS) is 18.7. The molecule has 1 aromatic heterocycles. The van der Waals surface area contributed by atoms with Crippen LogP contribution in [0.3, 0.4) is 0 Å². The lowest BCUT2D eigenvalue weighted by Crippen LogP contribution is -2.42. The van der Waals surface area contributed by atoms with Crippen molar-refractivity contribution in [2.45, 2.75) is 32.9 Å². The highest BCUT2D eigenvalue weighted by Crippen LogP contribution is 2.16. The Labute approximate surface area is 117 Å². The van der Waals surface area contributed by atoms with E-state index in [1.807, 2.05) is 13.8 Å². The minimum absolute atomic E-state index is 0.0648. The van der Waals surface area contributed by atoms with Gasteiger partial charge in [0.1, 0.15) is 11.5 Å². The monoisotopic (exact) mass is 282 g/mol. The van der Waals surface area contributed by atoms with Crippen LogP contribution in [-0.2, 0) is 18.3 Å². The van der Waals surface area contributed by atoms with E-state index in [0.717, 1.165) is 11.0 Å². The molecule has 2 rings (SSSR count). The molecule has 7 nitrogen and oxygen atoms in total. The Bertz CT molecular complexity index is 597. The third-order valence-corrected chi connectivity index (χ3v) is 3.41. The lowest BCUT2D eigenvalue weighted by molar-refractivity contribution is 0.195. The van der Waals surface area contributed by atoms with Crippen molar-refractivity contribution in [2.24, 2.45) is 13.0 Å². The summed E-state index contributed by atoms with van der Waals surface area (Å²) in [6.45, 7) is 5.69.